The van der Waals surface area contributed by atoms with Gasteiger partial charge >= 0.3 is 0 Å². The molecule has 2 aromatic heterocycles. The minimum Gasteiger partial charge on any atom is -0.441 e. The van der Waals surface area contributed by atoms with E-state index in [1.54, 1.807) is 30.4 Å². The summed E-state index contributed by atoms with van der Waals surface area (Å²) in [6, 6.07) is 16.9. The Bertz CT molecular complexity index is 1340. The quantitative estimate of drug-likeness (QED) is 0.441. The molecule has 2 amide bonds. The summed E-state index contributed by atoms with van der Waals surface area (Å²) in [5.41, 5.74) is 4.16. The van der Waals surface area contributed by atoms with Crippen LogP contribution in [0.3, 0.4) is 0 Å². The number of carbonyl (C=O) groups excluding carboxylic acids is 2. The highest BCUT2D eigenvalue weighted by Gasteiger charge is 2.25. The number of amides is 2. The van der Waals surface area contributed by atoms with Gasteiger partial charge in [-0.1, -0.05) is 24.3 Å². The van der Waals surface area contributed by atoms with Crippen LogP contribution in [0.2, 0.25) is 0 Å². The lowest BCUT2D eigenvalue weighted by atomic mass is 10.0. The maximum Gasteiger partial charge on any atom is 0.277 e. The number of fused-ring (bicyclic) bond motifs is 1. The summed E-state index contributed by atoms with van der Waals surface area (Å²) in [4.78, 5) is 33.9. The van der Waals surface area contributed by atoms with Gasteiger partial charge in [0.05, 0.1) is 0 Å². The molecule has 0 bridgehead atoms. The second-order valence-electron chi connectivity index (χ2n) is 8.07. The summed E-state index contributed by atoms with van der Waals surface area (Å²) in [7, 11) is 0. The van der Waals surface area contributed by atoms with Crippen LogP contribution >= 0.6 is 11.3 Å². The van der Waals surface area contributed by atoms with Crippen molar-refractivity contribution in [2.75, 3.05) is 11.9 Å². The number of anilines is 1. The molecule has 0 saturated carbocycles. The summed E-state index contributed by atoms with van der Waals surface area (Å²) in [6.45, 7) is 4.89. The van der Waals surface area contributed by atoms with Crippen molar-refractivity contribution in [1.29, 1.82) is 0 Å². The lowest BCUT2D eigenvalue weighted by molar-refractivity contribution is 0.0735. The topological polar surface area (TPSA) is 75.4 Å². The number of hydrogen-bond donors (Lipinski definition) is 1. The van der Waals surface area contributed by atoms with Crippen LogP contribution in [0.4, 0.5) is 5.69 Å². The van der Waals surface area contributed by atoms with Crippen molar-refractivity contribution < 1.29 is 14.0 Å². The van der Waals surface area contributed by atoms with Crippen LogP contribution in [0.25, 0.3) is 11.5 Å². The summed E-state index contributed by atoms with van der Waals surface area (Å²) in [5, 5.41) is 4.99. The van der Waals surface area contributed by atoms with Crippen molar-refractivity contribution in [2.45, 2.75) is 26.8 Å². The lowest BCUT2D eigenvalue weighted by Gasteiger charge is -2.28. The number of nitrogens with zero attached hydrogens (tertiary/aromatic N) is 2. The summed E-state index contributed by atoms with van der Waals surface area (Å²) >= 11 is 1.75. The van der Waals surface area contributed by atoms with E-state index in [1.807, 2.05) is 48.2 Å². The fraction of sp³-hybridized carbons (Fsp3) is 0.192. The van der Waals surface area contributed by atoms with Gasteiger partial charge in [0.2, 0.25) is 5.89 Å². The van der Waals surface area contributed by atoms with Gasteiger partial charge in [-0.25, -0.2) is 4.98 Å². The molecule has 166 valence electrons. The number of thiophene rings is 1. The largest absolute Gasteiger partial charge is 0.441 e. The molecule has 6 nitrogen and oxygen atoms in total. The van der Waals surface area contributed by atoms with Crippen molar-refractivity contribution >= 4 is 28.8 Å². The number of rotatable bonds is 4. The Morgan fingerprint density at radius 1 is 1.06 bits per heavy atom. The minimum absolute atomic E-state index is 0.0237. The molecule has 0 saturated heterocycles. The van der Waals surface area contributed by atoms with E-state index in [0.29, 0.717) is 36.0 Å². The van der Waals surface area contributed by atoms with Crippen LogP contribution in [0.1, 0.15) is 42.6 Å². The van der Waals surface area contributed by atoms with E-state index < -0.39 is 0 Å². The number of aryl methyl sites for hydroxylation is 1. The molecular formula is C26H23N3O3S. The van der Waals surface area contributed by atoms with Gasteiger partial charge in [-0.15, -0.1) is 11.3 Å². The summed E-state index contributed by atoms with van der Waals surface area (Å²) < 4.78 is 5.72. The zero-order valence-corrected chi connectivity index (χ0v) is 19.2. The van der Waals surface area contributed by atoms with Gasteiger partial charge in [-0.2, -0.15) is 0 Å². The molecule has 0 unspecified atom stereocenters. The number of carbonyl (C=O) groups is 2. The zero-order valence-electron chi connectivity index (χ0n) is 18.4. The Balaban J connectivity index is 1.36. The summed E-state index contributed by atoms with van der Waals surface area (Å²) in [5.74, 6) is 0.448. The molecule has 1 N–H and O–H groups in total. The van der Waals surface area contributed by atoms with E-state index in [1.165, 1.54) is 10.4 Å². The first kappa shape index (κ1) is 21.2. The molecule has 0 spiro atoms. The molecule has 2 aromatic carbocycles. The SMILES string of the molecule is Cc1oc(-c2ccccc2)nc1C(=O)Nc1cccc(C(=O)N2CCc3sccc3C2)c1C. The van der Waals surface area contributed by atoms with E-state index in [4.69, 9.17) is 4.42 Å². The first-order valence-electron chi connectivity index (χ1n) is 10.8. The highest BCUT2D eigenvalue weighted by Crippen LogP contribution is 2.28. The number of oxazole rings is 1. The average molecular weight is 458 g/mol. The maximum atomic E-state index is 13.3. The number of aromatic nitrogens is 1. The van der Waals surface area contributed by atoms with E-state index in [9.17, 15) is 9.59 Å². The molecule has 1 aliphatic rings. The van der Waals surface area contributed by atoms with E-state index >= 15 is 0 Å². The normalized spacial score (nSPS) is 13.0. The molecule has 0 aliphatic carbocycles. The lowest BCUT2D eigenvalue weighted by Crippen LogP contribution is -2.35. The second-order valence-corrected chi connectivity index (χ2v) is 9.07. The van der Waals surface area contributed by atoms with Crippen molar-refractivity contribution in [3.05, 3.63) is 93.0 Å². The van der Waals surface area contributed by atoms with Crippen molar-refractivity contribution in [3.63, 3.8) is 0 Å². The molecule has 7 heteroatoms. The Kier molecular flexibility index (Phi) is 5.56. The third-order valence-electron chi connectivity index (χ3n) is 5.94. The number of nitrogens with one attached hydrogen (secondary N) is 1. The van der Waals surface area contributed by atoms with E-state index in [2.05, 4.69) is 21.7 Å². The molecular weight excluding hydrogens is 434 g/mol. The fourth-order valence-corrected chi connectivity index (χ4v) is 4.98. The Labute approximate surface area is 195 Å². The molecule has 4 aromatic rings. The van der Waals surface area contributed by atoms with Crippen molar-refractivity contribution in [2.24, 2.45) is 0 Å². The summed E-state index contributed by atoms with van der Waals surface area (Å²) in [6.07, 6.45) is 0.878. The van der Waals surface area contributed by atoms with Crippen LogP contribution in [0.5, 0.6) is 0 Å². The van der Waals surface area contributed by atoms with Crippen molar-refractivity contribution in [3.8, 4) is 11.5 Å². The highest BCUT2D eigenvalue weighted by molar-refractivity contribution is 7.10. The minimum atomic E-state index is -0.369. The first-order chi connectivity index (χ1) is 16.0. The zero-order chi connectivity index (χ0) is 22.9. The number of benzene rings is 2. The van der Waals surface area contributed by atoms with Gasteiger partial charge in [-0.3, -0.25) is 9.59 Å². The van der Waals surface area contributed by atoms with Crippen molar-refractivity contribution in [1.82, 2.24) is 9.88 Å². The fourth-order valence-electron chi connectivity index (χ4n) is 4.09. The standard InChI is InChI=1S/C26H23N3O3S/c1-16-20(26(31)29-13-11-22-19(15-29)12-14-33-22)9-6-10-21(16)27-24(30)23-17(2)32-25(28-23)18-7-4-3-5-8-18/h3-10,12,14H,11,13,15H2,1-2H3,(H,27,30). The Morgan fingerprint density at radius 3 is 2.70 bits per heavy atom. The molecule has 0 atom stereocenters. The van der Waals surface area contributed by atoms with Gasteiger partial charge in [0, 0.05) is 34.8 Å². The smallest absolute Gasteiger partial charge is 0.277 e. The Morgan fingerprint density at radius 2 is 1.88 bits per heavy atom. The van der Waals surface area contributed by atoms with Crippen LogP contribution in [-0.2, 0) is 13.0 Å². The highest BCUT2D eigenvalue weighted by atomic mass is 32.1. The van der Waals surface area contributed by atoms with Gasteiger partial charge in [0.15, 0.2) is 5.69 Å². The second kappa shape index (κ2) is 8.67. The maximum absolute atomic E-state index is 13.3. The molecule has 33 heavy (non-hydrogen) atoms. The van der Waals surface area contributed by atoms with Gasteiger partial charge in [0.25, 0.3) is 11.8 Å². The third kappa shape index (κ3) is 4.07. The van der Waals surface area contributed by atoms with Crippen LogP contribution < -0.4 is 5.32 Å². The number of hydrogen-bond acceptors (Lipinski definition) is 5. The third-order valence-corrected chi connectivity index (χ3v) is 6.96. The average Bonchev–Trinajstić information content (AvgIpc) is 3.46. The molecule has 5 rings (SSSR count). The van der Waals surface area contributed by atoms with Gasteiger partial charge in [0.1, 0.15) is 5.76 Å². The van der Waals surface area contributed by atoms with Crippen LogP contribution in [0, 0.1) is 13.8 Å². The molecule has 1 aliphatic heterocycles. The molecule has 0 radical (unpaired) electrons. The van der Waals surface area contributed by atoms with E-state index in [0.717, 1.165) is 17.5 Å². The molecule has 0 fully saturated rings. The monoisotopic (exact) mass is 457 g/mol. The Hall–Kier alpha value is -3.71. The first-order valence-corrected chi connectivity index (χ1v) is 11.7. The van der Waals surface area contributed by atoms with Gasteiger partial charge in [-0.05, 0) is 67.1 Å². The predicted octanol–water partition coefficient (Wildman–Crippen LogP) is 5.47. The van der Waals surface area contributed by atoms with Crippen LogP contribution in [-0.4, -0.2) is 28.2 Å². The van der Waals surface area contributed by atoms with Crippen LogP contribution in [0.15, 0.2) is 64.4 Å². The van der Waals surface area contributed by atoms with Gasteiger partial charge < -0.3 is 14.6 Å². The molecule has 3 heterocycles. The predicted molar refractivity (Wildman–Crippen MR) is 129 cm³/mol. The van der Waals surface area contributed by atoms with E-state index in [-0.39, 0.29) is 17.5 Å².